The molecule has 0 bridgehead atoms. The average molecular weight is 257 g/mol. The highest BCUT2D eigenvalue weighted by molar-refractivity contribution is 7.90. The van der Waals surface area contributed by atoms with E-state index in [0.29, 0.717) is 19.0 Å². The number of hydrogen-bond acceptors (Lipinski definition) is 5. The number of ether oxygens (including phenoxy) is 2. The van der Waals surface area contributed by atoms with Crippen LogP contribution in [0.15, 0.2) is 33.6 Å². The molecule has 17 heavy (non-hydrogen) atoms. The zero-order valence-corrected chi connectivity index (χ0v) is 9.94. The quantitative estimate of drug-likeness (QED) is 0.426. The maximum atomic E-state index is 11.3. The number of carbonyl (C=O) groups excluding carboxylic acids is 1. The van der Waals surface area contributed by atoms with E-state index in [9.17, 15) is 13.2 Å². The van der Waals surface area contributed by atoms with E-state index in [1.807, 2.05) is 0 Å². The number of hydrogen-bond donors (Lipinski definition) is 0. The minimum Gasteiger partial charge on any atom is -0.491 e. The normalized spacial score (nSPS) is 10.6. The van der Waals surface area contributed by atoms with Gasteiger partial charge < -0.3 is 9.47 Å². The molecule has 1 aromatic rings. The molecule has 1 aromatic carbocycles. The molecule has 0 atom stereocenters. The Morgan fingerprint density at radius 3 is 2.41 bits per heavy atom. The van der Waals surface area contributed by atoms with Crippen molar-refractivity contribution in [3.8, 4) is 5.75 Å². The summed E-state index contributed by atoms with van der Waals surface area (Å²) in [5, 5.41) is 0. The lowest BCUT2D eigenvalue weighted by molar-refractivity contribution is 0.146. The Morgan fingerprint density at radius 2 is 1.88 bits per heavy atom. The molecular weight excluding hydrogens is 246 g/mol. The highest BCUT2D eigenvalue weighted by Gasteiger charge is 2.11. The zero-order chi connectivity index (χ0) is 12.7. The molecule has 0 aromatic heterocycles. The Balaban J connectivity index is 2.78. The van der Waals surface area contributed by atoms with Crippen molar-refractivity contribution in [1.29, 1.82) is 0 Å². The van der Waals surface area contributed by atoms with Crippen molar-refractivity contribution in [2.75, 3.05) is 20.3 Å². The number of methoxy groups -OCH3 is 1. The van der Waals surface area contributed by atoms with E-state index >= 15 is 0 Å². The molecule has 0 N–H and O–H groups in total. The van der Waals surface area contributed by atoms with E-state index in [1.54, 1.807) is 7.11 Å². The van der Waals surface area contributed by atoms with Gasteiger partial charge in [0.1, 0.15) is 12.4 Å². The molecule has 0 aliphatic rings. The summed E-state index contributed by atoms with van der Waals surface area (Å²) in [5.41, 5.74) is 0. The minimum absolute atomic E-state index is 0.0834. The van der Waals surface area contributed by atoms with E-state index in [0.717, 1.165) is 6.08 Å². The second-order valence-electron chi connectivity index (χ2n) is 2.97. The molecule has 0 aliphatic heterocycles. The average Bonchev–Trinajstić information content (AvgIpc) is 2.30. The zero-order valence-electron chi connectivity index (χ0n) is 9.12. The highest BCUT2D eigenvalue weighted by Crippen LogP contribution is 2.17. The van der Waals surface area contributed by atoms with Crippen LogP contribution in [0.1, 0.15) is 0 Å². The first-order chi connectivity index (χ1) is 8.10. The Bertz CT molecular complexity index is 502. The summed E-state index contributed by atoms with van der Waals surface area (Å²) < 4.78 is 35.4. The number of sulfonamides is 1. The second kappa shape index (κ2) is 6.15. The van der Waals surface area contributed by atoms with Gasteiger partial charge in [0, 0.05) is 7.11 Å². The van der Waals surface area contributed by atoms with Crippen LogP contribution < -0.4 is 4.74 Å². The van der Waals surface area contributed by atoms with Crippen LogP contribution in [0.3, 0.4) is 0 Å². The van der Waals surface area contributed by atoms with Crippen molar-refractivity contribution in [2.24, 2.45) is 4.40 Å². The largest absolute Gasteiger partial charge is 0.491 e. The summed E-state index contributed by atoms with van der Waals surface area (Å²) in [6.07, 6.45) is 1.00. The summed E-state index contributed by atoms with van der Waals surface area (Å²) >= 11 is 0. The topological polar surface area (TPSA) is 82.0 Å². The fraction of sp³-hybridized carbons (Fsp3) is 0.300. The van der Waals surface area contributed by atoms with Crippen LogP contribution >= 0.6 is 0 Å². The standard InChI is InChI=1S/C10H11NO5S/c1-15-6-7-16-9-2-4-10(5-3-9)17(13,14)11-8-12/h2-5H,6-7H2,1H3. The van der Waals surface area contributed by atoms with Gasteiger partial charge in [0.2, 0.25) is 0 Å². The molecule has 0 saturated heterocycles. The summed E-state index contributed by atoms with van der Waals surface area (Å²) in [5.74, 6) is 0.510. The molecule has 0 fully saturated rings. The van der Waals surface area contributed by atoms with Crippen LogP contribution in [-0.2, 0) is 19.6 Å². The third kappa shape index (κ3) is 3.99. The van der Waals surface area contributed by atoms with Gasteiger partial charge >= 0.3 is 0 Å². The SMILES string of the molecule is COCCOc1ccc(S(=O)(=O)N=C=O)cc1. The molecular formula is C10H11NO5S. The highest BCUT2D eigenvalue weighted by atomic mass is 32.2. The number of rotatable bonds is 6. The van der Waals surface area contributed by atoms with Crippen LogP contribution in [-0.4, -0.2) is 34.8 Å². The Morgan fingerprint density at radius 1 is 1.24 bits per heavy atom. The van der Waals surface area contributed by atoms with Crippen molar-refractivity contribution in [3.05, 3.63) is 24.3 Å². The van der Waals surface area contributed by atoms with Crippen LogP contribution in [0.4, 0.5) is 0 Å². The first-order valence-electron chi connectivity index (χ1n) is 4.66. The maximum absolute atomic E-state index is 11.3. The molecule has 6 nitrogen and oxygen atoms in total. The maximum Gasteiger partial charge on any atom is 0.292 e. The van der Waals surface area contributed by atoms with Gasteiger partial charge in [0.15, 0.2) is 0 Å². The van der Waals surface area contributed by atoms with Crippen LogP contribution in [0, 0.1) is 0 Å². The van der Waals surface area contributed by atoms with Gasteiger partial charge in [-0.1, -0.05) is 4.40 Å². The van der Waals surface area contributed by atoms with Crippen LogP contribution in [0.2, 0.25) is 0 Å². The molecule has 0 radical (unpaired) electrons. The first kappa shape index (κ1) is 13.4. The fourth-order valence-electron chi connectivity index (χ4n) is 1.05. The van der Waals surface area contributed by atoms with Gasteiger partial charge in [-0.25, -0.2) is 4.79 Å². The first-order valence-corrected chi connectivity index (χ1v) is 6.10. The summed E-state index contributed by atoms with van der Waals surface area (Å²) in [7, 11) is -2.38. The Kier molecular flexibility index (Phi) is 4.84. The smallest absolute Gasteiger partial charge is 0.292 e. The van der Waals surface area contributed by atoms with E-state index in [-0.39, 0.29) is 4.90 Å². The van der Waals surface area contributed by atoms with Crippen LogP contribution in [0.5, 0.6) is 5.75 Å². The monoisotopic (exact) mass is 257 g/mol. The second-order valence-corrected chi connectivity index (χ2v) is 4.57. The van der Waals surface area contributed by atoms with E-state index in [1.165, 1.54) is 24.3 Å². The van der Waals surface area contributed by atoms with E-state index in [2.05, 4.69) is 4.40 Å². The lowest BCUT2D eigenvalue weighted by Crippen LogP contribution is -2.04. The molecule has 0 spiro atoms. The van der Waals surface area contributed by atoms with Crippen molar-refractivity contribution in [1.82, 2.24) is 0 Å². The number of nitrogens with zero attached hydrogens (tertiary/aromatic N) is 1. The minimum atomic E-state index is -3.93. The van der Waals surface area contributed by atoms with Crippen molar-refractivity contribution in [3.63, 3.8) is 0 Å². The fourth-order valence-corrected chi connectivity index (χ4v) is 1.74. The van der Waals surface area contributed by atoms with Gasteiger partial charge in [-0.2, -0.15) is 8.42 Å². The van der Waals surface area contributed by atoms with Crippen molar-refractivity contribution >= 4 is 16.1 Å². The molecule has 7 heteroatoms. The summed E-state index contributed by atoms with van der Waals surface area (Å²) in [6.45, 7) is 0.810. The van der Waals surface area contributed by atoms with Gasteiger partial charge in [-0.15, -0.1) is 0 Å². The van der Waals surface area contributed by atoms with Crippen molar-refractivity contribution < 1.29 is 22.7 Å². The van der Waals surface area contributed by atoms with E-state index in [4.69, 9.17) is 9.47 Å². The predicted molar refractivity (Wildman–Crippen MR) is 59.1 cm³/mol. The summed E-state index contributed by atoms with van der Waals surface area (Å²) in [6, 6.07) is 5.56. The van der Waals surface area contributed by atoms with Crippen LogP contribution in [0.25, 0.3) is 0 Å². The molecule has 0 aliphatic carbocycles. The molecule has 0 heterocycles. The van der Waals surface area contributed by atoms with Gasteiger partial charge in [0.25, 0.3) is 16.1 Å². The molecule has 1 rings (SSSR count). The third-order valence-electron chi connectivity index (χ3n) is 1.84. The molecule has 92 valence electrons. The number of benzene rings is 1. The van der Waals surface area contributed by atoms with Gasteiger partial charge in [0.05, 0.1) is 11.5 Å². The van der Waals surface area contributed by atoms with Gasteiger partial charge in [-0.05, 0) is 24.3 Å². The summed E-state index contributed by atoms with van der Waals surface area (Å²) in [4.78, 5) is 9.84. The van der Waals surface area contributed by atoms with E-state index < -0.39 is 10.0 Å². The van der Waals surface area contributed by atoms with Gasteiger partial charge in [-0.3, -0.25) is 0 Å². The third-order valence-corrected chi connectivity index (χ3v) is 3.02. The lowest BCUT2D eigenvalue weighted by atomic mass is 10.3. The Labute approximate surface area is 98.9 Å². The number of isocyanates is 1. The molecule has 0 saturated carbocycles. The lowest BCUT2D eigenvalue weighted by Gasteiger charge is -2.05. The molecule has 0 amide bonds. The predicted octanol–water partition coefficient (Wildman–Crippen LogP) is 0.736. The Hall–Kier alpha value is -1.69. The van der Waals surface area contributed by atoms with Crippen molar-refractivity contribution in [2.45, 2.75) is 4.90 Å². The molecule has 0 unspecified atom stereocenters.